The molecule has 2 aromatic rings. The Hall–Kier alpha value is -2.00. The largest absolute Gasteiger partial charge is 0.489 e. The Morgan fingerprint density at radius 3 is 2.65 bits per heavy atom. The number of aliphatic hydroxyl groups excluding tert-OH is 1. The normalized spacial score (nSPS) is 21.7. The van der Waals surface area contributed by atoms with Crippen molar-refractivity contribution < 1.29 is 14.6 Å². The fourth-order valence-electron chi connectivity index (χ4n) is 3.77. The highest BCUT2D eigenvalue weighted by atomic mass is 16.5. The molecule has 1 aliphatic heterocycles. The standard InChI is InChI=1S/C20H22O3/c21-18-13-20(10-4-5-11-20)23-19-12-16(8-9-17(18)19)22-14-15-6-2-1-3-7-15/h1-3,6-9,12,18,21H,4-5,10-11,13-14H2. The van der Waals surface area contributed by atoms with Gasteiger partial charge < -0.3 is 14.6 Å². The van der Waals surface area contributed by atoms with Gasteiger partial charge in [-0.15, -0.1) is 0 Å². The van der Waals surface area contributed by atoms with Crippen LogP contribution in [0.25, 0.3) is 0 Å². The molecule has 1 atom stereocenters. The van der Waals surface area contributed by atoms with Crippen molar-refractivity contribution in [3.63, 3.8) is 0 Å². The molecule has 4 rings (SSSR count). The van der Waals surface area contributed by atoms with E-state index in [9.17, 15) is 5.11 Å². The fraction of sp³-hybridized carbons (Fsp3) is 0.400. The van der Waals surface area contributed by atoms with Gasteiger partial charge in [0, 0.05) is 18.1 Å². The quantitative estimate of drug-likeness (QED) is 0.913. The van der Waals surface area contributed by atoms with Gasteiger partial charge in [0.05, 0.1) is 6.10 Å². The molecule has 2 aliphatic rings. The van der Waals surface area contributed by atoms with Crippen LogP contribution in [0, 0.1) is 0 Å². The summed E-state index contributed by atoms with van der Waals surface area (Å²) < 4.78 is 12.2. The highest BCUT2D eigenvalue weighted by molar-refractivity contribution is 5.44. The van der Waals surface area contributed by atoms with Crippen molar-refractivity contribution >= 4 is 0 Å². The lowest BCUT2D eigenvalue weighted by molar-refractivity contribution is -0.00960. The maximum Gasteiger partial charge on any atom is 0.129 e. The first-order valence-corrected chi connectivity index (χ1v) is 8.42. The van der Waals surface area contributed by atoms with E-state index in [0.29, 0.717) is 13.0 Å². The molecule has 1 spiro atoms. The van der Waals surface area contributed by atoms with Crippen LogP contribution in [0.4, 0.5) is 0 Å². The molecule has 2 aromatic carbocycles. The van der Waals surface area contributed by atoms with Gasteiger partial charge in [-0.25, -0.2) is 0 Å². The van der Waals surface area contributed by atoms with E-state index in [-0.39, 0.29) is 5.60 Å². The van der Waals surface area contributed by atoms with E-state index in [0.717, 1.165) is 35.5 Å². The zero-order chi connectivity index (χ0) is 15.7. The monoisotopic (exact) mass is 310 g/mol. The van der Waals surface area contributed by atoms with Crippen molar-refractivity contribution in [2.75, 3.05) is 0 Å². The van der Waals surface area contributed by atoms with Crippen LogP contribution >= 0.6 is 0 Å². The number of hydrogen-bond acceptors (Lipinski definition) is 3. The summed E-state index contributed by atoms with van der Waals surface area (Å²) in [5.74, 6) is 1.58. The molecule has 0 aromatic heterocycles. The van der Waals surface area contributed by atoms with Crippen LogP contribution in [0.1, 0.15) is 49.3 Å². The predicted octanol–water partition coefficient (Wildman–Crippen LogP) is 4.39. The molecule has 1 fully saturated rings. The van der Waals surface area contributed by atoms with Gasteiger partial charge in [-0.2, -0.15) is 0 Å². The Labute approximate surface area is 136 Å². The summed E-state index contributed by atoms with van der Waals surface area (Å²) >= 11 is 0. The molecule has 0 bridgehead atoms. The Bertz CT molecular complexity index is 675. The van der Waals surface area contributed by atoms with E-state index >= 15 is 0 Å². The minimum atomic E-state index is -0.431. The van der Waals surface area contributed by atoms with E-state index in [4.69, 9.17) is 9.47 Å². The molecule has 120 valence electrons. The molecule has 23 heavy (non-hydrogen) atoms. The second kappa shape index (κ2) is 5.89. The van der Waals surface area contributed by atoms with Crippen molar-refractivity contribution in [3.8, 4) is 11.5 Å². The molecule has 1 heterocycles. The summed E-state index contributed by atoms with van der Waals surface area (Å²) in [6.07, 6.45) is 4.74. The maximum atomic E-state index is 10.5. The first kappa shape index (κ1) is 14.6. The van der Waals surface area contributed by atoms with E-state index in [2.05, 4.69) is 0 Å². The lowest BCUT2D eigenvalue weighted by atomic mass is 9.87. The van der Waals surface area contributed by atoms with Gasteiger partial charge in [-0.3, -0.25) is 0 Å². The third kappa shape index (κ3) is 2.93. The van der Waals surface area contributed by atoms with Gasteiger partial charge in [0.1, 0.15) is 23.7 Å². The maximum absolute atomic E-state index is 10.5. The van der Waals surface area contributed by atoms with Crippen LogP contribution in [0.15, 0.2) is 48.5 Å². The van der Waals surface area contributed by atoms with Gasteiger partial charge in [-0.1, -0.05) is 30.3 Å². The van der Waals surface area contributed by atoms with E-state index in [1.54, 1.807) is 0 Å². The van der Waals surface area contributed by atoms with Crippen LogP contribution in [0.2, 0.25) is 0 Å². The van der Waals surface area contributed by atoms with Gasteiger partial charge in [-0.05, 0) is 43.4 Å². The van der Waals surface area contributed by atoms with Crippen molar-refractivity contribution in [1.82, 2.24) is 0 Å². The molecule has 3 heteroatoms. The second-order valence-corrected chi connectivity index (χ2v) is 6.69. The number of ether oxygens (including phenoxy) is 2. The van der Waals surface area contributed by atoms with Gasteiger partial charge in [0.15, 0.2) is 0 Å². The Kier molecular flexibility index (Phi) is 3.74. The minimum Gasteiger partial charge on any atom is -0.489 e. The minimum absolute atomic E-state index is 0.162. The molecule has 1 N–H and O–H groups in total. The number of fused-ring (bicyclic) bond motifs is 1. The third-order valence-electron chi connectivity index (χ3n) is 5.00. The summed E-state index contributed by atoms with van der Waals surface area (Å²) in [5, 5.41) is 10.5. The zero-order valence-electron chi connectivity index (χ0n) is 13.2. The molecule has 1 saturated carbocycles. The lowest BCUT2D eigenvalue weighted by Crippen LogP contribution is -2.38. The fourth-order valence-corrected chi connectivity index (χ4v) is 3.77. The van der Waals surface area contributed by atoms with E-state index in [1.807, 2.05) is 48.5 Å². The van der Waals surface area contributed by atoms with Crippen LogP contribution in [-0.4, -0.2) is 10.7 Å². The van der Waals surface area contributed by atoms with Crippen molar-refractivity contribution in [2.45, 2.75) is 50.4 Å². The highest BCUT2D eigenvalue weighted by Crippen LogP contribution is 2.47. The third-order valence-corrected chi connectivity index (χ3v) is 5.00. The number of hydrogen-bond donors (Lipinski definition) is 1. The van der Waals surface area contributed by atoms with Crippen molar-refractivity contribution in [3.05, 3.63) is 59.7 Å². The highest BCUT2D eigenvalue weighted by Gasteiger charge is 2.42. The number of benzene rings is 2. The first-order valence-electron chi connectivity index (χ1n) is 8.42. The van der Waals surface area contributed by atoms with Gasteiger partial charge >= 0.3 is 0 Å². The number of aliphatic hydroxyl groups is 1. The summed E-state index contributed by atoms with van der Waals surface area (Å²) in [6, 6.07) is 15.9. The molecule has 1 aliphatic carbocycles. The zero-order valence-corrected chi connectivity index (χ0v) is 13.2. The first-order chi connectivity index (χ1) is 11.2. The lowest BCUT2D eigenvalue weighted by Gasteiger charge is -2.38. The molecular formula is C20H22O3. The molecular weight excluding hydrogens is 288 g/mol. The average molecular weight is 310 g/mol. The van der Waals surface area contributed by atoms with Crippen molar-refractivity contribution in [2.24, 2.45) is 0 Å². The molecule has 0 amide bonds. The summed E-state index contributed by atoms with van der Waals surface area (Å²) in [5.41, 5.74) is 1.86. The molecule has 0 saturated heterocycles. The molecule has 1 unspecified atom stereocenters. The van der Waals surface area contributed by atoms with Crippen molar-refractivity contribution in [1.29, 1.82) is 0 Å². The second-order valence-electron chi connectivity index (χ2n) is 6.69. The van der Waals surface area contributed by atoms with Crippen LogP contribution in [-0.2, 0) is 6.61 Å². The summed E-state index contributed by atoms with van der Waals surface area (Å²) in [7, 11) is 0. The van der Waals surface area contributed by atoms with E-state index < -0.39 is 6.10 Å². The molecule has 3 nitrogen and oxygen atoms in total. The molecule has 0 radical (unpaired) electrons. The van der Waals surface area contributed by atoms with Gasteiger partial charge in [0.25, 0.3) is 0 Å². The van der Waals surface area contributed by atoms with Gasteiger partial charge in [0.2, 0.25) is 0 Å². The Balaban J connectivity index is 1.53. The average Bonchev–Trinajstić information content (AvgIpc) is 3.01. The van der Waals surface area contributed by atoms with Crippen LogP contribution < -0.4 is 9.47 Å². The smallest absolute Gasteiger partial charge is 0.129 e. The van der Waals surface area contributed by atoms with E-state index in [1.165, 1.54) is 12.8 Å². The predicted molar refractivity (Wildman–Crippen MR) is 88.6 cm³/mol. The Morgan fingerprint density at radius 1 is 1.09 bits per heavy atom. The summed E-state index contributed by atoms with van der Waals surface area (Å²) in [4.78, 5) is 0. The van der Waals surface area contributed by atoms with Crippen LogP contribution in [0.3, 0.4) is 0 Å². The summed E-state index contributed by atoms with van der Waals surface area (Å²) in [6.45, 7) is 0.535. The Morgan fingerprint density at radius 2 is 1.87 bits per heavy atom. The topological polar surface area (TPSA) is 38.7 Å². The SMILES string of the molecule is OC1CC2(CCCC2)Oc2cc(OCc3ccccc3)ccc21. The van der Waals surface area contributed by atoms with Crippen LogP contribution in [0.5, 0.6) is 11.5 Å². The number of rotatable bonds is 3.